The van der Waals surface area contributed by atoms with Crippen LogP contribution in [0.3, 0.4) is 0 Å². The van der Waals surface area contributed by atoms with E-state index in [1.54, 1.807) is 7.11 Å². The van der Waals surface area contributed by atoms with Crippen molar-refractivity contribution in [3.05, 3.63) is 23.5 Å². The predicted molar refractivity (Wildman–Crippen MR) is 162 cm³/mol. The van der Waals surface area contributed by atoms with Gasteiger partial charge in [-0.25, -0.2) is 0 Å². The number of rotatable bonds is 5. The van der Waals surface area contributed by atoms with Gasteiger partial charge in [-0.2, -0.15) is 0 Å². The molecule has 0 amide bonds. The number of methoxy groups -OCH3 is 1. The minimum Gasteiger partial charge on any atom is -0.515 e. The summed E-state index contributed by atoms with van der Waals surface area (Å²) in [6.07, 6.45) is 10.9. The molecule has 0 radical (unpaired) electrons. The number of aliphatic hydroxyl groups excluding tert-OH is 1. The highest BCUT2D eigenvalue weighted by Crippen LogP contribution is 2.75. The summed E-state index contributed by atoms with van der Waals surface area (Å²) >= 11 is 0. The number of ether oxygens (including phenoxy) is 2. The van der Waals surface area contributed by atoms with Crippen LogP contribution in [0.5, 0.6) is 0 Å². The fraction of sp³-hybridized carbons (Fsp3) is 0.833. The number of Topliss-reactive ketones (excluding diaryl/α,β-unsaturated/α-hetero) is 1. The lowest BCUT2D eigenvalue weighted by atomic mass is 9.33. The van der Waals surface area contributed by atoms with Gasteiger partial charge in [0.05, 0.1) is 12.4 Å². The fourth-order valence-corrected chi connectivity index (χ4v) is 11.7. The molecule has 1 N–H and O–H groups in total. The Hall–Kier alpha value is -1.46. The Bertz CT molecular complexity index is 1160. The molecule has 230 valence electrons. The van der Waals surface area contributed by atoms with Crippen LogP contribution in [0.4, 0.5) is 0 Å². The molecule has 4 fully saturated rings. The maximum atomic E-state index is 14.8. The van der Waals surface area contributed by atoms with Crippen LogP contribution in [-0.2, 0) is 19.1 Å². The SMILES string of the molecule is COCOC(C(C)C)[C@]12CCC(C)(C)C[C@H]1[C@H]1C(=O)C=C3[C@@]4(C)C/C(=C/O)C(=O)C(C)(C)[C@@H]4CC[C@@]3(C)[C@]1(C)CC2. The summed E-state index contributed by atoms with van der Waals surface area (Å²) < 4.78 is 12.0. The summed E-state index contributed by atoms with van der Waals surface area (Å²) in [4.78, 5) is 28.1. The van der Waals surface area contributed by atoms with E-state index in [2.05, 4.69) is 54.5 Å². The molecular weight excluding hydrogens is 512 g/mol. The van der Waals surface area contributed by atoms with E-state index in [4.69, 9.17) is 9.47 Å². The summed E-state index contributed by atoms with van der Waals surface area (Å²) in [6.45, 7) is 20.8. The third kappa shape index (κ3) is 4.14. The van der Waals surface area contributed by atoms with Crippen molar-refractivity contribution in [3.63, 3.8) is 0 Å². The lowest BCUT2D eigenvalue weighted by Crippen LogP contribution is -2.67. The first kappa shape index (κ1) is 31.0. The number of hydrogen-bond donors (Lipinski definition) is 1. The molecule has 5 nitrogen and oxygen atoms in total. The first-order valence-corrected chi connectivity index (χ1v) is 16.2. The molecule has 5 rings (SSSR count). The molecule has 1 unspecified atom stereocenters. The zero-order valence-electron chi connectivity index (χ0n) is 27.5. The monoisotopic (exact) mass is 568 g/mol. The molecule has 8 atom stereocenters. The smallest absolute Gasteiger partial charge is 0.167 e. The predicted octanol–water partition coefficient (Wildman–Crippen LogP) is 8.23. The van der Waals surface area contributed by atoms with Gasteiger partial charge in [0.15, 0.2) is 11.6 Å². The van der Waals surface area contributed by atoms with E-state index in [1.807, 2.05) is 13.8 Å². The zero-order chi connectivity index (χ0) is 30.4. The Morgan fingerprint density at radius 1 is 1.00 bits per heavy atom. The molecule has 4 saturated carbocycles. The standard InChI is InChI=1S/C36H56O5/c1-22(2)30(41-21-40-10)36-15-13-31(3,4)19-24(36)28-25(38)17-27-33(7)18-23(20-37)29(39)32(5,6)26(33)11-12-34(27,8)35(28,9)14-16-36/h17,20,22,24,26,28,30,37H,11-16,18-19,21H2,1-10H3/b23-20-/t24-,26-,28-,30?,33-,34+,35+,36-/m0/s1. The minimum absolute atomic E-state index is 0.0447. The van der Waals surface area contributed by atoms with E-state index < -0.39 is 5.41 Å². The molecule has 5 heteroatoms. The molecule has 0 aliphatic heterocycles. The summed E-state index contributed by atoms with van der Waals surface area (Å²) in [6, 6.07) is 0. The van der Waals surface area contributed by atoms with Gasteiger partial charge in [-0.05, 0) is 96.9 Å². The van der Waals surface area contributed by atoms with Crippen LogP contribution in [-0.4, -0.2) is 36.7 Å². The molecule has 0 spiro atoms. The highest BCUT2D eigenvalue weighted by Gasteiger charge is 2.71. The van der Waals surface area contributed by atoms with E-state index in [0.29, 0.717) is 17.9 Å². The van der Waals surface area contributed by atoms with Gasteiger partial charge in [-0.1, -0.05) is 67.9 Å². The molecule has 0 aromatic carbocycles. The lowest BCUT2D eigenvalue weighted by Gasteiger charge is -2.70. The van der Waals surface area contributed by atoms with E-state index in [1.165, 1.54) is 5.57 Å². The number of carbonyl (C=O) groups is 2. The maximum absolute atomic E-state index is 14.8. The number of aliphatic hydroxyl groups is 1. The van der Waals surface area contributed by atoms with Crippen LogP contribution >= 0.6 is 0 Å². The van der Waals surface area contributed by atoms with Gasteiger partial charge in [-0.3, -0.25) is 9.59 Å². The van der Waals surface area contributed by atoms with Gasteiger partial charge in [0.25, 0.3) is 0 Å². The molecule has 41 heavy (non-hydrogen) atoms. The zero-order valence-corrected chi connectivity index (χ0v) is 27.5. The van der Waals surface area contributed by atoms with E-state index >= 15 is 0 Å². The number of ketones is 2. The number of fused-ring (bicyclic) bond motifs is 7. The highest BCUT2D eigenvalue weighted by molar-refractivity contribution is 6.01. The molecule has 0 aromatic heterocycles. The molecule has 5 aliphatic rings. The van der Waals surface area contributed by atoms with Crippen molar-refractivity contribution in [3.8, 4) is 0 Å². The van der Waals surface area contributed by atoms with Crippen LogP contribution < -0.4 is 0 Å². The largest absolute Gasteiger partial charge is 0.515 e. The normalized spacial score (nSPS) is 44.9. The van der Waals surface area contributed by atoms with Crippen LogP contribution in [0.2, 0.25) is 0 Å². The second-order valence-corrected chi connectivity index (χ2v) is 17.0. The van der Waals surface area contributed by atoms with Crippen molar-refractivity contribution >= 4 is 11.6 Å². The van der Waals surface area contributed by atoms with E-state index in [0.717, 1.165) is 51.2 Å². The van der Waals surface area contributed by atoms with Crippen molar-refractivity contribution in [2.75, 3.05) is 13.9 Å². The molecule has 0 aromatic rings. The number of carbonyl (C=O) groups excluding carboxylic acids is 2. The quantitative estimate of drug-likeness (QED) is 0.205. The second-order valence-electron chi connectivity index (χ2n) is 17.0. The Morgan fingerprint density at radius 3 is 2.27 bits per heavy atom. The van der Waals surface area contributed by atoms with E-state index in [-0.39, 0.29) is 69.3 Å². The Morgan fingerprint density at radius 2 is 1.66 bits per heavy atom. The lowest BCUT2D eigenvalue weighted by molar-refractivity contribution is -0.222. The summed E-state index contributed by atoms with van der Waals surface area (Å²) in [5.74, 6) is 1.01. The Kier molecular flexibility index (Phi) is 7.39. The van der Waals surface area contributed by atoms with Crippen molar-refractivity contribution in [2.24, 2.45) is 56.2 Å². The van der Waals surface area contributed by atoms with Gasteiger partial charge in [-0.15, -0.1) is 0 Å². The molecule has 0 bridgehead atoms. The summed E-state index contributed by atoms with van der Waals surface area (Å²) in [5.41, 5.74) is 0.626. The van der Waals surface area contributed by atoms with Gasteiger partial charge in [0, 0.05) is 29.4 Å². The fourth-order valence-electron chi connectivity index (χ4n) is 11.7. The average Bonchev–Trinajstić information content (AvgIpc) is 2.88. The first-order chi connectivity index (χ1) is 18.9. The van der Waals surface area contributed by atoms with Gasteiger partial charge >= 0.3 is 0 Å². The van der Waals surface area contributed by atoms with Gasteiger partial charge in [0.2, 0.25) is 0 Å². The molecular formula is C36H56O5. The molecule has 0 saturated heterocycles. The van der Waals surface area contributed by atoms with Crippen molar-refractivity contribution in [2.45, 2.75) is 120 Å². The number of allylic oxidation sites excluding steroid dienone is 3. The summed E-state index contributed by atoms with van der Waals surface area (Å²) in [7, 11) is 1.70. The Labute approximate surface area is 248 Å². The first-order valence-electron chi connectivity index (χ1n) is 16.2. The Balaban J connectivity index is 1.66. The highest BCUT2D eigenvalue weighted by atomic mass is 16.7. The van der Waals surface area contributed by atoms with Gasteiger partial charge in [0.1, 0.15) is 6.79 Å². The van der Waals surface area contributed by atoms with Crippen LogP contribution in [0.15, 0.2) is 23.5 Å². The van der Waals surface area contributed by atoms with Crippen molar-refractivity contribution < 1.29 is 24.2 Å². The van der Waals surface area contributed by atoms with Crippen LogP contribution in [0, 0.1) is 56.2 Å². The van der Waals surface area contributed by atoms with Crippen molar-refractivity contribution in [1.29, 1.82) is 0 Å². The maximum Gasteiger partial charge on any atom is 0.167 e. The third-order valence-electron chi connectivity index (χ3n) is 13.7. The molecule has 5 aliphatic carbocycles. The third-order valence-corrected chi connectivity index (χ3v) is 13.7. The van der Waals surface area contributed by atoms with Crippen LogP contribution in [0.25, 0.3) is 0 Å². The second kappa shape index (κ2) is 9.78. The summed E-state index contributed by atoms with van der Waals surface area (Å²) in [5, 5.41) is 10.1. The van der Waals surface area contributed by atoms with E-state index in [9.17, 15) is 14.7 Å². The average molecular weight is 569 g/mol. The topological polar surface area (TPSA) is 72.8 Å². The minimum atomic E-state index is -0.581. The van der Waals surface area contributed by atoms with Crippen LogP contribution in [0.1, 0.15) is 114 Å². The van der Waals surface area contributed by atoms with Crippen molar-refractivity contribution in [1.82, 2.24) is 0 Å². The number of hydrogen-bond acceptors (Lipinski definition) is 5. The van der Waals surface area contributed by atoms with Gasteiger partial charge < -0.3 is 14.6 Å². The molecule has 0 heterocycles.